The molecule has 1 aromatic carbocycles. The number of nitrogens with zero attached hydrogens (tertiary/aromatic N) is 2. The molecule has 0 bridgehead atoms. The first-order valence-corrected chi connectivity index (χ1v) is 7.33. The highest BCUT2D eigenvalue weighted by Gasteiger charge is 2.12. The first kappa shape index (κ1) is 15.1. The van der Waals surface area contributed by atoms with Crippen LogP contribution in [0.3, 0.4) is 0 Å². The molecule has 2 aromatic rings. The minimum Gasteiger partial charge on any atom is -0.368 e. The van der Waals surface area contributed by atoms with Crippen molar-refractivity contribution >= 4 is 29.0 Å². The van der Waals surface area contributed by atoms with Gasteiger partial charge in [-0.2, -0.15) is 0 Å². The Morgan fingerprint density at radius 2 is 1.80 bits per heavy atom. The van der Waals surface area contributed by atoms with Crippen LogP contribution in [0.4, 0.5) is 5.82 Å². The highest BCUT2D eigenvalue weighted by atomic mass is 35.5. The predicted octanol–water partition coefficient (Wildman–Crippen LogP) is 4.89. The molecule has 0 atom stereocenters. The summed E-state index contributed by atoms with van der Waals surface area (Å²) in [6.07, 6.45) is 1.05. The van der Waals surface area contributed by atoms with Gasteiger partial charge in [-0.15, -0.1) is 10.2 Å². The zero-order chi connectivity index (χ0) is 14.7. The van der Waals surface area contributed by atoms with Crippen LogP contribution in [0.5, 0.6) is 0 Å². The van der Waals surface area contributed by atoms with Gasteiger partial charge in [0.2, 0.25) is 0 Å². The molecule has 20 heavy (non-hydrogen) atoms. The van der Waals surface area contributed by atoms with Crippen LogP contribution in [0.1, 0.15) is 24.5 Å². The van der Waals surface area contributed by atoms with Crippen LogP contribution < -0.4 is 5.32 Å². The van der Waals surface area contributed by atoms with E-state index in [4.69, 9.17) is 23.2 Å². The molecule has 0 amide bonds. The lowest BCUT2D eigenvalue weighted by Gasteiger charge is -2.12. The smallest absolute Gasteiger partial charge is 0.151 e. The van der Waals surface area contributed by atoms with Crippen molar-refractivity contribution in [1.29, 1.82) is 0 Å². The molecule has 0 aliphatic heterocycles. The van der Waals surface area contributed by atoms with E-state index in [-0.39, 0.29) is 0 Å². The average molecular weight is 310 g/mol. The van der Waals surface area contributed by atoms with Gasteiger partial charge in [-0.05, 0) is 43.5 Å². The summed E-state index contributed by atoms with van der Waals surface area (Å²) in [5, 5.41) is 12.9. The molecule has 1 aromatic heterocycles. The number of aromatic nitrogens is 2. The Morgan fingerprint density at radius 1 is 1.05 bits per heavy atom. The molecule has 0 spiro atoms. The Labute approximate surface area is 129 Å². The lowest BCUT2D eigenvalue weighted by molar-refractivity contribution is 0.933. The van der Waals surface area contributed by atoms with Crippen LogP contribution in [0.15, 0.2) is 18.2 Å². The van der Waals surface area contributed by atoms with E-state index >= 15 is 0 Å². The topological polar surface area (TPSA) is 37.8 Å². The molecule has 5 heteroatoms. The second-order valence-corrected chi connectivity index (χ2v) is 5.52. The Balaban J connectivity index is 2.42. The largest absolute Gasteiger partial charge is 0.368 e. The highest BCUT2D eigenvalue weighted by Crippen LogP contribution is 2.30. The molecule has 106 valence electrons. The minimum absolute atomic E-state index is 0.524. The van der Waals surface area contributed by atoms with E-state index in [1.54, 1.807) is 6.07 Å². The molecule has 3 nitrogen and oxygen atoms in total. The Bertz CT molecular complexity index is 627. The van der Waals surface area contributed by atoms with E-state index in [0.29, 0.717) is 10.0 Å². The zero-order valence-electron chi connectivity index (χ0n) is 11.8. The summed E-state index contributed by atoms with van der Waals surface area (Å²) in [6.45, 7) is 7.09. The van der Waals surface area contributed by atoms with Gasteiger partial charge in [-0.1, -0.05) is 36.2 Å². The van der Waals surface area contributed by atoms with E-state index < -0.39 is 0 Å². The van der Waals surface area contributed by atoms with Crippen molar-refractivity contribution in [2.45, 2.75) is 27.2 Å². The van der Waals surface area contributed by atoms with Gasteiger partial charge in [-0.25, -0.2) is 0 Å². The molecular formula is C15H17Cl2N3. The fraction of sp³-hybridized carbons (Fsp3) is 0.333. The third-order valence-electron chi connectivity index (χ3n) is 3.26. The second kappa shape index (κ2) is 6.42. The number of nitrogens with one attached hydrogen (secondary N) is 1. The fourth-order valence-corrected chi connectivity index (χ4v) is 2.23. The van der Waals surface area contributed by atoms with Gasteiger partial charge in [0.05, 0.1) is 15.7 Å². The maximum Gasteiger partial charge on any atom is 0.151 e. The number of benzene rings is 1. The number of halogens is 2. The van der Waals surface area contributed by atoms with E-state index in [1.807, 2.05) is 26.0 Å². The van der Waals surface area contributed by atoms with Gasteiger partial charge in [0.1, 0.15) is 0 Å². The number of rotatable bonds is 4. The second-order valence-electron chi connectivity index (χ2n) is 4.70. The standard InChI is InChI=1S/C15H17Cl2N3/c1-4-7-18-15-10(3)9(2)14(19-20-15)11-5-6-12(16)13(17)8-11/h5-6,8H,4,7H2,1-3H3,(H,18,20). The van der Waals surface area contributed by atoms with E-state index in [1.165, 1.54) is 0 Å². The number of hydrogen-bond acceptors (Lipinski definition) is 3. The lowest BCUT2D eigenvalue weighted by Crippen LogP contribution is -2.07. The van der Waals surface area contributed by atoms with Crippen molar-refractivity contribution in [2.24, 2.45) is 0 Å². The predicted molar refractivity (Wildman–Crippen MR) is 85.7 cm³/mol. The molecule has 1 heterocycles. The van der Waals surface area contributed by atoms with E-state index in [9.17, 15) is 0 Å². The quantitative estimate of drug-likeness (QED) is 0.873. The van der Waals surface area contributed by atoms with E-state index in [2.05, 4.69) is 22.4 Å². The normalized spacial score (nSPS) is 10.7. The Hall–Kier alpha value is -1.32. The van der Waals surface area contributed by atoms with Crippen molar-refractivity contribution < 1.29 is 0 Å². The third kappa shape index (κ3) is 3.05. The third-order valence-corrected chi connectivity index (χ3v) is 4.00. The number of hydrogen-bond donors (Lipinski definition) is 1. The molecular weight excluding hydrogens is 293 g/mol. The van der Waals surface area contributed by atoms with Crippen molar-refractivity contribution in [2.75, 3.05) is 11.9 Å². The van der Waals surface area contributed by atoms with Crippen LogP contribution in [0.25, 0.3) is 11.3 Å². The molecule has 0 unspecified atom stereocenters. The first-order chi connectivity index (χ1) is 9.54. The maximum absolute atomic E-state index is 6.06. The molecule has 0 aliphatic carbocycles. The van der Waals surface area contributed by atoms with Gasteiger partial charge in [0.25, 0.3) is 0 Å². The van der Waals surface area contributed by atoms with Crippen LogP contribution in [-0.4, -0.2) is 16.7 Å². The van der Waals surface area contributed by atoms with E-state index in [0.717, 1.165) is 41.2 Å². The fourth-order valence-electron chi connectivity index (χ4n) is 1.93. The van der Waals surface area contributed by atoms with Gasteiger partial charge in [0.15, 0.2) is 5.82 Å². The van der Waals surface area contributed by atoms with Crippen LogP contribution in [-0.2, 0) is 0 Å². The van der Waals surface area contributed by atoms with Gasteiger partial charge in [-0.3, -0.25) is 0 Å². The summed E-state index contributed by atoms with van der Waals surface area (Å²) >= 11 is 12.0. The van der Waals surface area contributed by atoms with Gasteiger partial charge >= 0.3 is 0 Å². The summed E-state index contributed by atoms with van der Waals surface area (Å²) in [4.78, 5) is 0. The zero-order valence-corrected chi connectivity index (χ0v) is 13.3. The number of anilines is 1. The van der Waals surface area contributed by atoms with Crippen LogP contribution >= 0.6 is 23.2 Å². The minimum atomic E-state index is 0.524. The molecule has 0 radical (unpaired) electrons. The summed E-state index contributed by atoms with van der Waals surface area (Å²) in [5.41, 5.74) is 3.96. The Kier molecular flexibility index (Phi) is 4.84. The summed E-state index contributed by atoms with van der Waals surface area (Å²) < 4.78 is 0. The molecule has 0 aliphatic rings. The van der Waals surface area contributed by atoms with Gasteiger partial charge in [0, 0.05) is 12.1 Å². The van der Waals surface area contributed by atoms with Crippen LogP contribution in [0, 0.1) is 13.8 Å². The average Bonchev–Trinajstić information content (AvgIpc) is 2.44. The summed E-state index contributed by atoms with van der Waals surface area (Å²) in [6, 6.07) is 5.50. The van der Waals surface area contributed by atoms with Gasteiger partial charge < -0.3 is 5.32 Å². The van der Waals surface area contributed by atoms with Crippen molar-refractivity contribution in [3.63, 3.8) is 0 Å². The Morgan fingerprint density at radius 3 is 2.45 bits per heavy atom. The van der Waals surface area contributed by atoms with Crippen molar-refractivity contribution in [3.8, 4) is 11.3 Å². The molecule has 0 saturated carbocycles. The summed E-state index contributed by atoms with van der Waals surface area (Å²) in [5.74, 6) is 0.841. The monoisotopic (exact) mass is 309 g/mol. The SMILES string of the molecule is CCCNc1nnc(-c2ccc(Cl)c(Cl)c2)c(C)c1C. The lowest BCUT2D eigenvalue weighted by atomic mass is 10.0. The first-order valence-electron chi connectivity index (χ1n) is 6.57. The maximum atomic E-state index is 6.06. The van der Waals surface area contributed by atoms with Crippen molar-refractivity contribution in [1.82, 2.24) is 10.2 Å². The molecule has 0 fully saturated rings. The van der Waals surface area contributed by atoms with Crippen molar-refractivity contribution in [3.05, 3.63) is 39.4 Å². The summed E-state index contributed by atoms with van der Waals surface area (Å²) in [7, 11) is 0. The molecule has 0 saturated heterocycles. The molecule has 1 N–H and O–H groups in total. The molecule has 2 rings (SSSR count). The highest BCUT2D eigenvalue weighted by molar-refractivity contribution is 6.42. The van der Waals surface area contributed by atoms with Crippen LogP contribution in [0.2, 0.25) is 10.0 Å².